The van der Waals surface area contributed by atoms with Crippen molar-refractivity contribution in [3.05, 3.63) is 91.0 Å². The summed E-state index contributed by atoms with van der Waals surface area (Å²) >= 11 is 0. The highest BCUT2D eigenvalue weighted by atomic mass is 28.4. The highest BCUT2D eigenvalue weighted by Gasteiger charge is 2.48. The van der Waals surface area contributed by atoms with Crippen molar-refractivity contribution in [3.63, 3.8) is 0 Å². The summed E-state index contributed by atoms with van der Waals surface area (Å²) in [6.07, 6.45) is 0. The molecule has 0 spiro atoms. The minimum atomic E-state index is -3.17. The lowest BCUT2D eigenvalue weighted by Crippen LogP contribution is -2.56. The zero-order chi connectivity index (χ0) is 19.5. The number of hydrogen-bond acceptors (Lipinski definition) is 5. The van der Waals surface area contributed by atoms with E-state index in [0.717, 1.165) is 23.8 Å². The Hall–Kier alpha value is -2.80. The van der Waals surface area contributed by atoms with E-state index in [2.05, 4.69) is 5.32 Å². The lowest BCUT2D eigenvalue weighted by atomic mass is 10.3. The summed E-state index contributed by atoms with van der Waals surface area (Å²) in [4.78, 5) is 0. The van der Waals surface area contributed by atoms with Gasteiger partial charge in [-0.05, 0) is 36.4 Å². The zero-order valence-electron chi connectivity index (χ0n) is 15.8. The van der Waals surface area contributed by atoms with Gasteiger partial charge in [-0.25, -0.2) is 0 Å². The summed E-state index contributed by atoms with van der Waals surface area (Å²) in [7, 11) is -3.17. The lowest BCUT2D eigenvalue weighted by molar-refractivity contribution is 0.259. The van der Waals surface area contributed by atoms with Gasteiger partial charge < -0.3 is 24.3 Å². The van der Waals surface area contributed by atoms with Crippen molar-refractivity contribution in [1.82, 2.24) is 5.32 Å². The monoisotopic (exact) mass is 394 g/mol. The fourth-order valence-electron chi connectivity index (χ4n) is 2.69. The molecular weight excluding hydrogens is 368 g/mol. The number of nitrogens with one attached hydrogen (secondary N) is 1. The van der Waals surface area contributed by atoms with E-state index in [0.29, 0.717) is 19.1 Å². The topological polar surface area (TPSA) is 65.7 Å². The van der Waals surface area contributed by atoms with Crippen LogP contribution in [0.4, 0.5) is 0 Å². The molecule has 0 saturated carbocycles. The Morgan fingerprint density at radius 1 is 0.607 bits per heavy atom. The van der Waals surface area contributed by atoms with Crippen molar-refractivity contribution in [2.45, 2.75) is 6.04 Å². The third-order valence-corrected chi connectivity index (χ3v) is 6.48. The Bertz CT molecular complexity index is 702. The van der Waals surface area contributed by atoms with E-state index in [1.165, 1.54) is 0 Å². The van der Waals surface area contributed by atoms with Crippen LogP contribution in [-0.4, -0.2) is 28.4 Å². The first-order valence-electron chi connectivity index (χ1n) is 9.43. The molecule has 5 nitrogen and oxygen atoms in total. The Morgan fingerprint density at radius 3 is 1.36 bits per heavy atom. The molecule has 0 heterocycles. The van der Waals surface area contributed by atoms with Gasteiger partial charge in [0.15, 0.2) is 0 Å². The minimum Gasteiger partial charge on any atom is -0.483 e. The van der Waals surface area contributed by atoms with Crippen molar-refractivity contribution < 1.29 is 13.3 Å². The Balaban J connectivity index is 1.90. The first-order chi connectivity index (χ1) is 13.8. The molecule has 3 N–H and O–H groups in total. The quantitative estimate of drug-likeness (QED) is 0.383. The fraction of sp³-hybridized carbons (Fsp3) is 0.182. The SMILES string of the molecule is NCCNCC[Si](Oc1ccccc1)(Oc1ccccc1)Oc1ccccc1. The van der Waals surface area contributed by atoms with Gasteiger partial charge in [0, 0.05) is 19.6 Å². The average molecular weight is 395 g/mol. The van der Waals surface area contributed by atoms with Crippen LogP contribution in [0.3, 0.4) is 0 Å². The van der Waals surface area contributed by atoms with Crippen molar-refractivity contribution in [2.24, 2.45) is 5.73 Å². The Kier molecular flexibility index (Phi) is 7.49. The van der Waals surface area contributed by atoms with E-state index in [-0.39, 0.29) is 0 Å². The van der Waals surface area contributed by atoms with E-state index in [9.17, 15) is 0 Å². The molecule has 3 aromatic rings. The van der Waals surface area contributed by atoms with Crippen LogP contribution in [-0.2, 0) is 0 Å². The summed E-state index contributed by atoms with van der Waals surface area (Å²) < 4.78 is 19.2. The molecule has 6 heteroatoms. The van der Waals surface area contributed by atoms with Gasteiger partial charge in [0.05, 0.1) is 6.04 Å². The largest absolute Gasteiger partial charge is 0.700 e. The summed E-state index contributed by atoms with van der Waals surface area (Å²) in [5.74, 6) is 2.17. The first-order valence-corrected chi connectivity index (χ1v) is 11.4. The summed E-state index contributed by atoms with van der Waals surface area (Å²) in [6.45, 7) is 1.98. The lowest BCUT2D eigenvalue weighted by Gasteiger charge is -2.30. The van der Waals surface area contributed by atoms with Crippen LogP contribution in [0.25, 0.3) is 0 Å². The molecule has 0 aromatic heterocycles. The summed E-state index contributed by atoms with van der Waals surface area (Å²) in [5.41, 5.74) is 5.60. The van der Waals surface area contributed by atoms with Gasteiger partial charge in [-0.3, -0.25) is 0 Å². The molecule has 146 valence electrons. The maximum Gasteiger partial charge on any atom is 0.700 e. The third-order valence-electron chi connectivity index (χ3n) is 3.98. The average Bonchev–Trinajstić information content (AvgIpc) is 2.73. The Labute approximate surface area is 167 Å². The predicted molar refractivity (Wildman–Crippen MR) is 114 cm³/mol. The van der Waals surface area contributed by atoms with E-state index >= 15 is 0 Å². The molecule has 0 aliphatic rings. The first kappa shape index (κ1) is 19.9. The molecule has 0 radical (unpaired) electrons. The van der Waals surface area contributed by atoms with Gasteiger partial charge in [0.25, 0.3) is 0 Å². The maximum atomic E-state index is 6.41. The van der Waals surface area contributed by atoms with Gasteiger partial charge >= 0.3 is 8.80 Å². The van der Waals surface area contributed by atoms with E-state index in [1.807, 2.05) is 91.0 Å². The summed E-state index contributed by atoms with van der Waals surface area (Å²) in [5, 5.41) is 3.32. The molecular formula is C22H26N2O3Si. The molecule has 0 aliphatic heterocycles. The molecule has 0 unspecified atom stereocenters. The van der Waals surface area contributed by atoms with Crippen LogP contribution >= 0.6 is 0 Å². The van der Waals surface area contributed by atoms with Crippen molar-refractivity contribution in [1.29, 1.82) is 0 Å². The second-order valence-electron chi connectivity index (χ2n) is 6.22. The fourth-order valence-corrected chi connectivity index (χ4v) is 5.09. The van der Waals surface area contributed by atoms with Crippen LogP contribution in [0.2, 0.25) is 6.04 Å². The van der Waals surface area contributed by atoms with Crippen molar-refractivity contribution >= 4 is 8.80 Å². The van der Waals surface area contributed by atoms with Gasteiger partial charge in [0.1, 0.15) is 17.2 Å². The molecule has 0 atom stereocenters. The van der Waals surface area contributed by atoms with Gasteiger partial charge in [-0.2, -0.15) is 0 Å². The molecule has 0 aliphatic carbocycles. The Morgan fingerprint density at radius 2 is 1.00 bits per heavy atom. The third kappa shape index (κ3) is 6.13. The molecule has 0 saturated heterocycles. The van der Waals surface area contributed by atoms with Crippen LogP contribution in [0.1, 0.15) is 0 Å². The number of rotatable bonds is 11. The van der Waals surface area contributed by atoms with Crippen LogP contribution < -0.4 is 24.3 Å². The molecule has 3 aromatic carbocycles. The van der Waals surface area contributed by atoms with Gasteiger partial charge in [-0.15, -0.1) is 0 Å². The minimum absolute atomic E-state index is 0.577. The van der Waals surface area contributed by atoms with Crippen LogP contribution in [0.15, 0.2) is 91.0 Å². The number of benzene rings is 3. The van der Waals surface area contributed by atoms with Gasteiger partial charge in [-0.1, -0.05) is 54.6 Å². The molecule has 3 rings (SSSR count). The number of para-hydroxylation sites is 3. The predicted octanol–water partition coefficient (Wildman–Crippen LogP) is 3.71. The second kappa shape index (κ2) is 10.5. The van der Waals surface area contributed by atoms with Crippen LogP contribution in [0.5, 0.6) is 17.2 Å². The van der Waals surface area contributed by atoms with Crippen molar-refractivity contribution in [2.75, 3.05) is 19.6 Å². The number of hydrogen-bond donors (Lipinski definition) is 2. The summed E-state index contributed by atoms with van der Waals surface area (Å²) in [6, 6.07) is 29.6. The zero-order valence-corrected chi connectivity index (χ0v) is 16.8. The highest BCUT2D eigenvalue weighted by Crippen LogP contribution is 2.26. The molecule has 0 fully saturated rings. The van der Waals surface area contributed by atoms with E-state index < -0.39 is 8.80 Å². The molecule has 0 bridgehead atoms. The number of nitrogens with two attached hydrogens (primary N) is 1. The maximum absolute atomic E-state index is 6.41. The van der Waals surface area contributed by atoms with Gasteiger partial charge in [0.2, 0.25) is 0 Å². The smallest absolute Gasteiger partial charge is 0.483 e. The van der Waals surface area contributed by atoms with E-state index in [1.54, 1.807) is 0 Å². The van der Waals surface area contributed by atoms with Crippen molar-refractivity contribution in [3.8, 4) is 17.2 Å². The standard InChI is InChI=1S/C22H26N2O3Si/c23-16-17-24-18-19-28(25-20-10-4-1-5-11-20,26-21-12-6-2-7-13-21)27-22-14-8-3-9-15-22/h1-15,24H,16-19,23H2. The molecule has 0 amide bonds. The van der Waals surface area contributed by atoms with E-state index in [4.69, 9.17) is 19.0 Å². The van der Waals surface area contributed by atoms with Crippen LogP contribution in [0, 0.1) is 0 Å². The molecule has 28 heavy (non-hydrogen) atoms. The normalized spacial score (nSPS) is 11.0. The second-order valence-corrected chi connectivity index (χ2v) is 8.70. The highest BCUT2D eigenvalue weighted by molar-refractivity contribution is 6.63.